The van der Waals surface area contributed by atoms with Gasteiger partial charge < -0.3 is 14.5 Å². The van der Waals surface area contributed by atoms with Gasteiger partial charge in [0.2, 0.25) is 5.91 Å². The summed E-state index contributed by atoms with van der Waals surface area (Å²) in [5.74, 6) is 0.0553. The third kappa shape index (κ3) is 4.83. The van der Waals surface area contributed by atoms with Crippen LogP contribution in [0.2, 0.25) is 5.02 Å². The molecule has 0 N–H and O–H groups in total. The molecule has 3 rings (SSSR count). The van der Waals surface area contributed by atoms with Crippen LogP contribution in [0, 0.1) is 0 Å². The number of methoxy groups -OCH3 is 1. The molecule has 0 spiro atoms. The zero-order valence-electron chi connectivity index (χ0n) is 16.4. The van der Waals surface area contributed by atoms with Gasteiger partial charge in [-0.2, -0.15) is 0 Å². The number of nitrogens with zero attached hydrogens (tertiary/aromatic N) is 3. The molecule has 1 fully saturated rings. The van der Waals surface area contributed by atoms with E-state index in [-0.39, 0.29) is 23.0 Å². The molecule has 0 aliphatic carbocycles. The standard InChI is InChI=1S/C20H24ClN3O4S/c1-22-10-12-23(13-11-22)20(25)15-24(18-14-16(21)8-9-19(18)28-2)29(26,27)17-6-4-3-5-7-17/h3-9,14H,10-13,15H2,1-2H3. The molecule has 156 valence electrons. The number of halogens is 1. The van der Waals surface area contributed by atoms with Gasteiger partial charge in [0.25, 0.3) is 10.0 Å². The molecule has 2 aromatic rings. The first-order valence-corrected chi connectivity index (χ1v) is 11.0. The van der Waals surface area contributed by atoms with Crippen LogP contribution in [-0.4, -0.2) is 71.0 Å². The maximum absolute atomic E-state index is 13.4. The van der Waals surface area contributed by atoms with Crippen molar-refractivity contribution in [2.45, 2.75) is 4.90 Å². The van der Waals surface area contributed by atoms with Crippen molar-refractivity contribution in [1.82, 2.24) is 9.80 Å². The first kappa shape index (κ1) is 21.4. The molecule has 1 aliphatic heterocycles. The molecule has 1 aliphatic rings. The predicted octanol–water partition coefficient (Wildman–Crippen LogP) is 2.32. The zero-order chi connectivity index (χ0) is 21.0. The molecule has 1 saturated heterocycles. The highest BCUT2D eigenvalue weighted by molar-refractivity contribution is 7.92. The Balaban J connectivity index is 2.01. The van der Waals surface area contributed by atoms with Gasteiger partial charge in [0.1, 0.15) is 12.3 Å². The number of benzene rings is 2. The van der Waals surface area contributed by atoms with Crippen molar-refractivity contribution in [1.29, 1.82) is 0 Å². The van der Waals surface area contributed by atoms with Crippen molar-refractivity contribution >= 4 is 33.2 Å². The maximum atomic E-state index is 13.4. The SMILES string of the molecule is COc1ccc(Cl)cc1N(CC(=O)N1CCN(C)CC1)S(=O)(=O)c1ccccc1. The van der Waals surface area contributed by atoms with Crippen molar-refractivity contribution < 1.29 is 17.9 Å². The second-order valence-electron chi connectivity index (χ2n) is 6.82. The van der Waals surface area contributed by atoms with Crippen molar-refractivity contribution in [3.63, 3.8) is 0 Å². The van der Waals surface area contributed by atoms with Crippen LogP contribution >= 0.6 is 11.6 Å². The van der Waals surface area contributed by atoms with Gasteiger partial charge in [-0.25, -0.2) is 8.42 Å². The minimum atomic E-state index is -4.01. The second-order valence-corrected chi connectivity index (χ2v) is 9.12. The molecule has 2 aromatic carbocycles. The normalized spacial score (nSPS) is 15.2. The van der Waals surface area contributed by atoms with E-state index < -0.39 is 10.0 Å². The van der Waals surface area contributed by atoms with Gasteiger partial charge in [-0.1, -0.05) is 29.8 Å². The summed E-state index contributed by atoms with van der Waals surface area (Å²) in [6.45, 7) is 2.27. The third-order valence-corrected chi connectivity index (χ3v) is 6.88. The predicted molar refractivity (Wildman–Crippen MR) is 113 cm³/mol. The van der Waals surface area contributed by atoms with E-state index in [1.54, 1.807) is 35.2 Å². The quantitative estimate of drug-likeness (QED) is 0.693. The Bertz CT molecular complexity index is 961. The Morgan fingerprint density at radius 3 is 2.38 bits per heavy atom. The van der Waals surface area contributed by atoms with E-state index in [0.717, 1.165) is 17.4 Å². The maximum Gasteiger partial charge on any atom is 0.264 e. The van der Waals surface area contributed by atoms with Gasteiger partial charge in [-0.15, -0.1) is 0 Å². The summed E-state index contributed by atoms with van der Waals surface area (Å²) < 4.78 is 33.3. The summed E-state index contributed by atoms with van der Waals surface area (Å²) in [6.07, 6.45) is 0. The summed E-state index contributed by atoms with van der Waals surface area (Å²) >= 11 is 6.14. The van der Waals surface area contributed by atoms with E-state index in [1.165, 1.54) is 25.3 Å². The highest BCUT2D eigenvalue weighted by atomic mass is 35.5. The lowest BCUT2D eigenvalue weighted by molar-refractivity contribution is -0.131. The van der Waals surface area contributed by atoms with Crippen LogP contribution in [0.15, 0.2) is 53.4 Å². The summed E-state index contributed by atoms with van der Waals surface area (Å²) in [6, 6.07) is 12.7. The minimum Gasteiger partial charge on any atom is -0.495 e. The van der Waals surface area contributed by atoms with E-state index in [0.29, 0.717) is 23.9 Å². The summed E-state index contributed by atoms with van der Waals surface area (Å²) in [5.41, 5.74) is 0.228. The van der Waals surface area contributed by atoms with Crippen LogP contribution in [0.3, 0.4) is 0 Å². The largest absolute Gasteiger partial charge is 0.495 e. The van der Waals surface area contributed by atoms with E-state index in [4.69, 9.17) is 16.3 Å². The van der Waals surface area contributed by atoms with Crippen LogP contribution in [0.25, 0.3) is 0 Å². The number of hydrogen-bond donors (Lipinski definition) is 0. The Labute approximate surface area is 176 Å². The number of likely N-dealkylation sites (N-methyl/N-ethyl adjacent to an activating group) is 1. The molecule has 1 heterocycles. The Morgan fingerprint density at radius 1 is 1.10 bits per heavy atom. The number of hydrogen-bond acceptors (Lipinski definition) is 5. The van der Waals surface area contributed by atoms with Gasteiger partial charge in [0.05, 0.1) is 17.7 Å². The van der Waals surface area contributed by atoms with E-state index in [1.807, 2.05) is 7.05 Å². The monoisotopic (exact) mass is 437 g/mol. The first-order chi connectivity index (χ1) is 13.8. The first-order valence-electron chi connectivity index (χ1n) is 9.20. The summed E-state index contributed by atoms with van der Waals surface area (Å²) in [5, 5.41) is 0.348. The molecule has 0 radical (unpaired) electrons. The lowest BCUT2D eigenvalue weighted by Gasteiger charge is -2.34. The molecule has 0 unspecified atom stereocenters. The minimum absolute atomic E-state index is 0.0909. The molecular weight excluding hydrogens is 414 g/mol. The lowest BCUT2D eigenvalue weighted by atomic mass is 10.2. The van der Waals surface area contributed by atoms with Gasteiger partial charge in [0.15, 0.2) is 0 Å². The van der Waals surface area contributed by atoms with Crippen molar-refractivity contribution in [3.8, 4) is 5.75 Å². The molecule has 29 heavy (non-hydrogen) atoms. The van der Waals surface area contributed by atoms with Crippen LogP contribution in [0.1, 0.15) is 0 Å². The van der Waals surface area contributed by atoms with E-state index in [2.05, 4.69) is 4.90 Å². The summed E-state index contributed by atoms with van der Waals surface area (Å²) in [7, 11) is -0.574. The van der Waals surface area contributed by atoms with Gasteiger partial charge in [0, 0.05) is 31.2 Å². The zero-order valence-corrected chi connectivity index (χ0v) is 18.0. The van der Waals surface area contributed by atoms with Gasteiger partial charge >= 0.3 is 0 Å². The smallest absolute Gasteiger partial charge is 0.264 e. The number of ether oxygens (including phenoxy) is 1. The molecular formula is C20H24ClN3O4S. The van der Waals surface area contributed by atoms with Crippen LogP contribution in [-0.2, 0) is 14.8 Å². The average Bonchev–Trinajstić information content (AvgIpc) is 2.73. The van der Waals surface area contributed by atoms with Gasteiger partial charge in [-0.3, -0.25) is 9.10 Å². The number of amides is 1. The molecule has 9 heteroatoms. The van der Waals surface area contributed by atoms with Crippen LogP contribution in [0.5, 0.6) is 5.75 Å². The molecule has 0 bridgehead atoms. The van der Waals surface area contributed by atoms with Crippen LogP contribution < -0.4 is 9.04 Å². The molecule has 0 saturated carbocycles. The fourth-order valence-corrected chi connectivity index (χ4v) is 4.76. The van der Waals surface area contributed by atoms with Gasteiger partial charge in [-0.05, 0) is 37.4 Å². The Morgan fingerprint density at radius 2 is 1.76 bits per heavy atom. The van der Waals surface area contributed by atoms with E-state index in [9.17, 15) is 13.2 Å². The van der Waals surface area contributed by atoms with E-state index >= 15 is 0 Å². The molecule has 7 nitrogen and oxygen atoms in total. The number of rotatable bonds is 6. The Kier molecular flexibility index (Phi) is 6.66. The van der Waals surface area contributed by atoms with Crippen molar-refractivity contribution in [2.75, 3.05) is 51.2 Å². The molecule has 0 atom stereocenters. The molecule has 0 aromatic heterocycles. The van der Waals surface area contributed by atoms with Crippen molar-refractivity contribution in [2.24, 2.45) is 0 Å². The number of piperazine rings is 1. The lowest BCUT2D eigenvalue weighted by Crippen LogP contribution is -2.50. The summed E-state index contributed by atoms with van der Waals surface area (Å²) in [4.78, 5) is 16.9. The van der Waals surface area contributed by atoms with Crippen LogP contribution in [0.4, 0.5) is 5.69 Å². The highest BCUT2D eigenvalue weighted by Gasteiger charge is 2.31. The number of carbonyl (C=O) groups is 1. The topological polar surface area (TPSA) is 70.2 Å². The number of anilines is 1. The number of sulfonamides is 1. The van der Waals surface area contributed by atoms with Crippen molar-refractivity contribution in [3.05, 3.63) is 53.6 Å². The molecule has 1 amide bonds. The fraction of sp³-hybridized carbons (Fsp3) is 0.350. The average molecular weight is 438 g/mol. The third-order valence-electron chi connectivity index (χ3n) is 4.88. The second kappa shape index (κ2) is 9.02. The Hall–Kier alpha value is -2.29. The number of carbonyl (C=O) groups excluding carboxylic acids is 1. The highest BCUT2D eigenvalue weighted by Crippen LogP contribution is 2.34. The fourth-order valence-electron chi connectivity index (χ4n) is 3.16.